The average molecular weight is 255 g/mol. The first-order valence-corrected chi connectivity index (χ1v) is 6.51. The molecule has 0 saturated carbocycles. The molecular formula is C16H21N3. The van der Waals surface area contributed by atoms with Crippen LogP contribution in [0, 0.1) is 20.8 Å². The van der Waals surface area contributed by atoms with Gasteiger partial charge in [-0.25, -0.2) is 4.98 Å². The predicted molar refractivity (Wildman–Crippen MR) is 80.8 cm³/mol. The lowest BCUT2D eigenvalue weighted by Gasteiger charge is -2.24. The Morgan fingerprint density at radius 2 is 1.79 bits per heavy atom. The van der Waals surface area contributed by atoms with Crippen molar-refractivity contribution in [1.29, 1.82) is 0 Å². The second kappa shape index (κ2) is 5.41. The molecular weight excluding hydrogens is 234 g/mol. The molecule has 0 radical (unpaired) electrons. The van der Waals surface area contributed by atoms with E-state index in [1.807, 2.05) is 26.1 Å². The number of benzene rings is 1. The quantitative estimate of drug-likeness (QED) is 0.915. The van der Waals surface area contributed by atoms with Gasteiger partial charge in [0.1, 0.15) is 5.82 Å². The lowest BCUT2D eigenvalue weighted by molar-refractivity contribution is 0.974. The third-order valence-electron chi connectivity index (χ3n) is 3.45. The van der Waals surface area contributed by atoms with Crippen LogP contribution in [0.1, 0.15) is 22.4 Å². The van der Waals surface area contributed by atoms with Crippen LogP contribution in [-0.4, -0.2) is 12.0 Å². The highest BCUT2D eigenvalue weighted by molar-refractivity contribution is 5.66. The molecule has 0 fully saturated rings. The Kier molecular flexibility index (Phi) is 3.86. The molecule has 3 nitrogen and oxygen atoms in total. The lowest BCUT2D eigenvalue weighted by atomic mass is 10.1. The Labute approximate surface area is 115 Å². The summed E-state index contributed by atoms with van der Waals surface area (Å²) in [7, 11) is 2.04. The number of aryl methyl sites for hydroxylation is 3. The van der Waals surface area contributed by atoms with Gasteiger partial charge in [-0.3, -0.25) is 0 Å². The van der Waals surface area contributed by atoms with Crippen LogP contribution < -0.4 is 10.6 Å². The molecule has 0 amide bonds. The van der Waals surface area contributed by atoms with E-state index >= 15 is 0 Å². The highest BCUT2D eigenvalue weighted by Crippen LogP contribution is 2.29. The molecule has 0 spiro atoms. The van der Waals surface area contributed by atoms with Crippen LogP contribution in [0.2, 0.25) is 0 Å². The van der Waals surface area contributed by atoms with E-state index in [1.165, 1.54) is 11.1 Å². The Bertz CT molecular complexity index is 591. The molecule has 1 heterocycles. The summed E-state index contributed by atoms with van der Waals surface area (Å²) in [5, 5.41) is 0. The monoisotopic (exact) mass is 255 g/mol. The minimum atomic E-state index is 0.505. The molecule has 2 rings (SSSR count). The van der Waals surface area contributed by atoms with Crippen molar-refractivity contribution in [1.82, 2.24) is 4.98 Å². The largest absolute Gasteiger partial charge is 0.329 e. The van der Waals surface area contributed by atoms with Crippen molar-refractivity contribution in [3.63, 3.8) is 0 Å². The topological polar surface area (TPSA) is 42.1 Å². The molecule has 1 aromatic heterocycles. The number of hydrogen-bond donors (Lipinski definition) is 1. The number of nitrogens with two attached hydrogens (primary N) is 1. The number of para-hydroxylation sites is 1. The summed E-state index contributed by atoms with van der Waals surface area (Å²) in [6.45, 7) is 6.72. The van der Waals surface area contributed by atoms with E-state index < -0.39 is 0 Å². The Hall–Kier alpha value is -1.87. The molecule has 0 saturated heterocycles. The van der Waals surface area contributed by atoms with Crippen LogP contribution in [0.4, 0.5) is 11.5 Å². The van der Waals surface area contributed by atoms with Gasteiger partial charge in [0, 0.05) is 30.5 Å². The zero-order chi connectivity index (χ0) is 14.0. The molecule has 0 aliphatic rings. The fourth-order valence-electron chi connectivity index (χ4n) is 2.43. The van der Waals surface area contributed by atoms with Crippen molar-refractivity contribution < 1.29 is 0 Å². The molecule has 2 aromatic rings. The van der Waals surface area contributed by atoms with Gasteiger partial charge >= 0.3 is 0 Å². The molecule has 0 aliphatic heterocycles. The summed E-state index contributed by atoms with van der Waals surface area (Å²) < 4.78 is 0. The minimum Gasteiger partial charge on any atom is -0.329 e. The summed E-state index contributed by atoms with van der Waals surface area (Å²) in [5.41, 5.74) is 11.6. The summed E-state index contributed by atoms with van der Waals surface area (Å²) >= 11 is 0. The Morgan fingerprint density at radius 3 is 2.42 bits per heavy atom. The smallest absolute Gasteiger partial charge is 0.137 e. The van der Waals surface area contributed by atoms with Crippen LogP contribution in [0.3, 0.4) is 0 Å². The van der Waals surface area contributed by atoms with Gasteiger partial charge in [0.2, 0.25) is 0 Å². The van der Waals surface area contributed by atoms with Gasteiger partial charge in [-0.15, -0.1) is 0 Å². The lowest BCUT2D eigenvalue weighted by Crippen LogP contribution is -2.17. The third-order valence-corrected chi connectivity index (χ3v) is 3.45. The van der Waals surface area contributed by atoms with Crippen LogP contribution in [0.5, 0.6) is 0 Å². The van der Waals surface area contributed by atoms with Gasteiger partial charge < -0.3 is 10.6 Å². The predicted octanol–water partition coefficient (Wildman–Crippen LogP) is 3.23. The number of nitrogens with zero attached hydrogens (tertiary/aromatic N) is 2. The van der Waals surface area contributed by atoms with Crippen molar-refractivity contribution in [3.05, 3.63) is 52.7 Å². The number of rotatable bonds is 3. The Balaban J connectivity index is 2.55. The SMILES string of the molecule is Cc1cc(C)c(CN)c(N(C)c2ccccc2C)n1. The number of anilines is 2. The zero-order valence-corrected chi connectivity index (χ0v) is 12.1. The maximum atomic E-state index is 5.89. The normalized spacial score (nSPS) is 10.6. The maximum Gasteiger partial charge on any atom is 0.137 e. The summed E-state index contributed by atoms with van der Waals surface area (Å²) in [5.74, 6) is 0.953. The van der Waals surface area contributed by atoms with Crippen LogP contribution in [-0.2, 0) is 6.54 Å². The first kappa shape index (κ1) is 13.6. The van der Waals surface area contributed by atoms with Crippen LogP contribution in [0.15, 0.2) is 30.3 Å². The second-order valence-electron chi connectivity index (χ2n) is 4.93. The molecule has 1 aromatic carbocycles. The maximum absolute atomic E-state index is 5.89. The first-order chi connectivity index (χ1) is 9.04. The van der Waals surface area contributed by atoms with Crippen molar-refractivity contribution in [2.45, 2.75) is 27.3 Å². The molecule has 2 N–H and O–H groups in total. The summed E-state index contributed by atoms with van der Waals surface area (Å²) in [6.07, 6.45) is 0. The first-order valence-electron chi connectivity index (χ1n) is 6.51. The van der Waals surface area contributed by atoms with E-state index in [4.69, 9.17) is 5.73 Å². The van der Waals surface area contributed by atoms with Gasteiger partial charge in [-0.05, 0) is 44.0 Å². The fourth-order valence-corrected chi connectivity index (χ4v) is 2.43. The minimum absolute atomic E-state index is 0.505. The zero-order valence-electron chi connectivity index (χ0n) is 12.1. The molecule has 0 bridgehead atoms. The van der Waals surface area contributed by atoms with Crippen molar-refractivity contribution >= 4 is 11.5 Å². The summed E-state index contributed by atoms with van der Waals surface area (Å²) in [4.78, 5) is 6.79. The molecule has 0 atom stereocenters. The molecule has 3 heteroatoms. The van der Waals surface area contributed by atoms with E-state index in [0.717, 1.165) is 22.8 Å². The standard InChI is InChI=1S/C16H21N3/c1-11-7-5-6-8-15(11)19(4)16-14(10-17)12(2)9-13(3)18-16/h5-9H,10,17H2,1-4H3. The fraction of sp³-hybridized carbons (Fsp3) is 0.312. The average Bonchev–Trinajstić information content (AvgIpc) is 2.37. The molecule has 0 unspecified atom stereocenters. The van der Waals surface area contributed by atoms with E-state index in [2.05, 4.69) is 41.9 Å². The number of aromatic nitrogens is 1. The second-order valence-corrected chi connectivity index (χ2v) is 4.93. The van der Waals surface area contributed by atoms with Crippen molar-refractivity contribution in [3.8, 4) is 0 Å². The van der Waals surface area contributed by atoms with E-state index in [-0.39, 0.29) is 0 Å². The molecule has 19 heavy (non-hydrogen) atoms. The van der Waals surface area contributed by atoms with Crippen molar-refractivity contribution in [2.75, 3.05) is 11.9 Å². The number of pyridine rings is 1. The number of hydrogen-bond acceptors (Lipinski definition) is 3. The van der Waals surface area contributed by atoms with Gasteiger partial charge in [-0.2, -0.15) is 0 Å². The van der Waals surface area contributed by atoms with Gasteiger partial charge in [-0.1, -0.05) is 18.2 Å². The van der Waals surface area contributed by atoms with Gasteiger partial charge in [0.25, 0.3) is 0 Å². The summed E-state index contributed by atoms with van der Waals surface area (Å²) in [6, 6.07) is 10.4. The third kappa shape index (κ3) is 2.61. The molecule has 100 valence electrons. The van der Waals surface area contributed by atoms with Gasteiger partial charge in [0.15, 0.2) is 0 Å². The van der Waals surface area contributed by atoms with E-state index in [1.54, 1.807) is 0 Å². The Morgan fingerprint density at radius 1 is 1.11 bits per heavy atom. The van der Waals surface area contributed by atoms with Crippen molar-refractivity contribution in [2.24, 2.45) is 5.73 Å². The highest BCUT2D eigenvalue weighted by Gasteiger charge is 2.14. The highest BCUT2D eigenvalue weighted by atomic mass is 15.2. The van der Waals surface area contributed by atoms with Gasteiger partial charge in [0.05, 0.1) is 0 Å². The molecule has 0 aliphatic carbocycles. The van der Waals surface area contributed by atoms with Crippen LogP contribution >= 0.6 is 0 Å². The van der Waals surface area contributed by atoms with E-state index in [0.29, 0.717) is 6.54 Å². The van der Waals surface area contributed by atoms with E-state index in [9.17, 15) is 0 Å². The van der Waals surface area contributed by atoms with Crippen LogP contribution in [0.25, 0.3) is 0 Å².